The highest BCUT2D eigenvalue weighted by Crippen LogP contribution is 2.27. The molecule has 0 atom stereocenters. The van der Waals surface area contributed by atoms with Gasteiger partial charge < -0.3 is 8.85 Å². The van der Waals surface area contributed by atoms with E-state index < -0.39 is 8.56 Å². The molecule has 0 saturated carbocycles. The Balaban J connectivity index is 4.33. The molecule has 0 bridgehead atoms. The van der Waals surface area contributed by atoms with E-state index in [-0.39, 0.29) is 0 Å². The third-order valence-electron chi connectivity index (χ3n) is 2.92. The highest BCUT2D eigenvalue weighted by molar-refractivity contribution is 6.67. The van der Waals surface area contributed by atoms with E-state index in [4.69, 9.17) is 8.85 Å². The maximum atomic E-state index is 6.22. The Morgan fingerprint density at radius 3 is 1.82 bits per heavy atom. The van der Waals surface area contributed by atoms with Gasteiger partial charge in [0.05, 0.1) is 0 Å². The number of hydrogen-bond acceptors (Lipinski definition) is 2. The molecule has 0 aliphatic carbocycles. The molecule has 0 unspecified atom stereocenters. The van der Waals surface area contributed by atoms with E-state index in [1.807, 2.05) is 7.11 Å². The van der Waals surface area contributed by atoms with Crippen molar-refractivity contribution in [3.05, 3.63) is 0 Å². The Labute approximate surface area is 109 Å². The fourth-order valence-electron chi connectivity index (χ4n) is 2.28. The van der Waals surface area contributed by atoms with Crippen molar-refractivity contribution >= 4 is 8.56 Å². The molecule has 0 aromatic rings. The fraction of sp³-hybridized carbons (Fsp3) is 1.00. The summed E-state index contributed by atoms with van der Waals surface area (Å²) in [5, 5.41) is 0. The second-order valence-corrected chi connectivity index (χ2v) is 9.20. The first kappa shape index (κ1) is 17.1. The predicted molar refractivity (Wildman–Crippen MR) is 77.5 cm³/mol. The SMILES string of the molecule is CCCCCO[Si](CC(C)C)(CC(C)C)OC. The quantitative estimate of drug-likeness (QED) is 0.422. The minimum Gasteiger partial charge on any atom is -0.398 e. The van der Waals surface area contributed by atoms with Gasteiger partial charge >= 0.3 is 8.56 Å². The summed E-state index contributed by atoms with van der Waals surface area (Å²) in [5.74, 6) is 1.32. The highest BCUT2D eigenvalue weighted by Gasteiger charge is 2.37. The van der Waals surface area contributed by atoms with E-state index in [1.165, 1.54) is 19.3 Å². The standard InChI is InChI=1S/C14H32O2Si/c1-7-8-9-10-16-17(15-6,11-13(2)3)12-14(4)5/h13-14H,7-12H2,1-6H3. The molecule has 2 nitrogen and oxygen atoms in total. The zero-order valence-corrected chi connectivity index (χ0v) is 13.7. The summed E-state index contributed by atoms with van der Waals surface area (Å²) in [4.78, 5) is 0. The second-order valence-electron chi connectivity index (χ2n) is 5.87. The maximum absolute atomic E-state index is 6.22. The summed E-state index contributed by atoms with van der Waals surface area (Å²) < 4.78 is 12.1. The van der Waals surface area contributed by atoms with Crippen LogP contribution in [0.5, 0.6) is 0 Å². The lowest BCUT2D eigenvalue weighted by Crippen LogP contribution is -2.43. The van der Waals surface area contributed by atoms with Crippen LogP contribution in [0.25, 0.3) is 0 Å². The molecule has 0 heterocycles. The molecule has 0 aliphatic heterocycles. The third kappa shape index (κ3) is 7.95. The van der Waals surface area contributed by atoms with Gasteiger partial charge in [0.2, 0.25) is 0 Å². The predicted octanol–water partition coefficient (Wildman–Crippen LogP) is 4.59. The molecule has 0 amide bonds. The molecule has 104 valence electrons. The van der Waals surface area contributed by atoms with Gasteiger partial charge in [-0.2, -0.15) is 0 Å². The molecular weight excluding hydrogens is 228 g/mol. The molecule has 0 aliphatic rings. The van der Waals surface area contributed by atoms with Crippen LogP contribution in [0.3, 0.4) is 0 Å². The first-order valence-electron chi connectivity index (χ1n) is 7.15. The number of unbranched alkanes of at least 4 members (excludes halogenated alkanes) is 2. The zero-order chi connectivity index (χ0) is 13.3. The van der Waals surface area contributed by atoms with E-state index in [0.29, 0.717) is 11.8 Å². The summed E-state index contributed by atoms with van der Waals surface area (Å²) in [5.41, 5.74) is 0. The number of rotatable bonds is 10. The average molecular weight is 260 g/mol. The summed E-state index contributed by atoms with van der Waals surface area (Å²) in [7, 11) is -0.102. The van der Waals surface area contributed by atoms with Crippen LogP contribution in [0.2, 0.25) is 12.1 Å². The average Bonchev–Trinajstić information content (AvgIpc) is 2.22. The summed E-state index contributed by atoms with van der Waals surface area (Å²) >= 11 is 0. The molecule has 0 aromatic heterocycles. The Morgan fingerprint density at radius 2 is 1.47 bits per heavy atom. The highest BCUT2D eigenvalue weighted by atomic mass is 28.4. The van der Waals surface area contributed by atoms with Crippen molar-refractivity contribution in [2.24, 2.45) is 11.8 Å². The Kier molecular flexibility index (Phi) is 9.19. The Hall–Kier alpha value is 0.137. The van der Waals surface area contributed by atoms with E-state index in [9.17, 15) is 0 Å². The van der Waals surface area contributed by atoms with Crippen molar-refractivity contribution in [1.29, 1.82) is 0 Å². The van der Waals surface area contributed by atoms with Crippen molar-refractivity contribution in [2.75, 3.05) is 13.7 Å². The lowest BCUT2D eigenvalue weighted by Gasteiger charge is -2.32. The van der Waals surface area contributed by atoms with Gasteiger partial charge in [0, 0.05) is 13.7 Å². The summed E-state index contributed by atoms with van der Waals surface area (Å²) in [6.45, 7) is 12.1. The van der Waals surface area contributed by atoms with E-state index in [2.05, 4.69) is 34.6 Å². The second kappa shape index (κ2) is 9.12. The van der Waals surface area contributed by atoms with Gasteiger partial charge in [-0.05, 0) is 30.3 Å². The van der Waals surface area contributed by atoms with Gasteiger partial charge in [-0.25, -0.2) is 0 Å². The van der Waals surface area contributed by atoms with E-state index >= 15 is 0 Å². The van der Waals surface area contributed by atoms with Gasteiger partial charge in [-0.15, -0.1) is 0 Å². The topological polar surface area (TPSA) is 18.5 Å². The lowest BCUT2D eigenvalue weighted by atomic mass is 10.3. The van der Waals surface area contributed by atoms with Crippen LogP contribution in [0, 0.1) is 11.8 Å². The minimum absolute atomic E-state index is 0.659. The molecule has 3 heteroatoms. The molecular formula is C14H32O2Si. The smallest absolute Gasteiger partial charge is 0.338 e. The number of hydrogen-bond donors (Lipinski definition) is 0. The van der Waals surface area contributed by atoms with Gasteiger partial charge in [0.1, 0.15) is 0 Å². The lowest BCUT2D eigenvalue weighted by molar-refractivity contribution is 0.185. The summed E-state index contributed by atoms with van der Waals surface area (Å²) in [6.07, 6.45) is 3.68. The Morgan fingerprint density at radius 1 is 0.941 bits per heavy atom. The molecule has 0 spiro atoms. The third-order valence-corrected chi connectivity index (χ3v) is 7.27. The first-order chi connectivity index (χ1) is 7.95. The monoisotopic (exact) mass is 260 g/mol. The Bertz CT molecular complexity index is 171. The van der Waals surface area contributed by atoms with Crippen molar-refractivity contribution in [1.82, 2.24) is 0 Å². The van der Waals surface area contributed by atoms with Crippen LogP contribution in [0.1, 0.15) is 53.9 Å². The van der Waals surface area contributed by atoms with E-state index in [0.717, 1.165) is 18.7 Å². The van der Waals surface area contributed by atoms with Gasteiger partial charge in [0.15, 0.2) is 0 Å². The normalized spacial score (nSPS) is 12.7. The molecule has 0 fully saturated rings. The van der Waals surface area contributed by atoms with Crippen LogP contribution in [0.4, 0.5) is 0 Å². The fourth-order valence-corrected chi connectivity index (χ4v) is 6.14. The van der Waals surface area contributed by atoms with Gasteiger partial charge in [-0.3, -0.25) is 0 Å². The van der Waals surface area contributed by atoms with Gasteiger partial charge in [0.25, 0.3) is 0 Å². The molecule has 0 rings (SSSR count). The van der Waals surface area contributed by atoms with Gasteiger partial charge in [-0.1, -0.05) is 47.5 Å². The van der Waals surface area contributed by atoms with Crippen LogP contribution in [-0.4, -0.2) is 22.3 Å². The molecule has 0 aromatic carbocycles. The minimum atomic E-state index is -1.95. The maximum Gasteiger partial charge on any atom is 0.338 e. The van der Waals surface area contributed by atoms with Crippen molar-refractivity contribution in [3.8, 4) is 0 Å². The van der Waals surface area contributed by atoms with Crippen molar-refractivity contribution in [3.63, 3.8) is 0 Å². The van der Waals surface area contributed by atoms with Crippen molar-refractivity contribution < 1.29 is 8.85 Å². The molecule has 0 saturated heterocycles. The summed E-state index contributed by atoms with van der Waals surface area (Å²) in [6, 6.07) is 2.24. The largest absolute Gasteiger partial charge is 0.398 e. The first-order valence-corrected chi connectivity index (χ1v) is 9.38. The van der Waals surface area contributed by atoms with Crippen molar-refractivity contribution in [2.45, 2.75) is 66.0 Å². The van der Waals surface area contributed by atoms with Crippen LogP contribution in [0.15, 0.2) is 0 Å². The molecule has 0 N–H and O–H groups in total. The van der Waals surface area contributed by atoms with Crippen LogP contribution >= 0.6 is 0 Å². The van der Waals surface area contributed by atoms with Crippen LogP contribution < -0.4 is 0 Å². The van der Waals surface area contributed by atoms with E-state index in [1.54, 1.807) is 0 Å². The van der Waals surface area contributed by atoms with Crippen LogP contribution in [-0.2, 0) is 8.85 Å². The zero-order valence-electron chi connectivity index (χ0n) is 12.7. The molecule has 17 heavy (non-hydrogen) atoms. The molecule has 0 radical (unpaired) electrons.